The minimum atomic E-state index is -0.941. The number of carbonyl (C=O) groups is 1. The summed E-state index contributed by atoms with van der Waals surface area (Å²) in [6.07, 6.45) is 2.18. The smallest absolute Gasteiger partial charge is 0.355 e. The first-order valence-corrected chi connectivity index (χ1v) is 6.35. The summed E-state index contributed by atoms with van der Waals surface area (Å²) in [4.78, 5) is 15.9. The third kappa shape index (κ3) is 3.20. The van der Waals surface area contributed by atoms with Crippen LogP contribution in [0.5, 0.6) is 0 Å². The largest absolute Gasteiger partial charge is 0.476 e. The summed E-state index contributed by atoms with van der Waals surface area (Å²) in [5.41, 5.74) is 0.194. The molecule has 0 saturated heterocycles. The van der Waals surface area contributed by atoms with Gasteiger partial charge in [-0.15, -0.1) is 11.3 Å². The molecule has 0 aliphatic heterocycles. The lowest BCUT2D eigenvalue weighted by atomic mass is 10.1. The summed E-state index contributed by atoms with van der Waals surface area (Å²) in [5.74, 6) is -0.742. The van der Waals surface area contributed by atoms with E-state index in [0.717, 1.165) is 29.4 Å². The standard InChI is InChI=1S/C11H18N2O2S/c1-4-5-6-12-11-13-8(10(14)15)9(16-11)7(2)3/h7H,4-6H2,1-3H3,(H,12,13)(H,14,15). The monoisotopic (exact) mass is 242 g/mol. The Kier molecular flexibility index (Phi) is 4.73. The minimum Gasteiger partial charge on any atom is -0.476 e. The van der Waals surface area contributed by atoms with Gasteiger partial charge in [-0.3, -0.25) is 0 Å². The molecule has 2 N–H and O–H groups in total. The first-order valence-electron chi connectivity index (χ1n) is 5.54. The van der Waals surface area contributed by atoms with Gasteiger partial charge < -0.3 is 10.4 Å². The molecule has 1 rings (SSSR count). The summed E-state index contributed by atoms with van der Waals surface area (Å²) in [6.45, 7) is 6.93. The number of rotatable bonds is 6. The highest BCUT2D eigenvalue weighted by atomic mass is 32.1. The van der Waals surface area contributed by atoms with Crippen molar-refractivity contribution in [1.82, 2.24) is 4.98 Å². The maximum absolute atomic E-state index is 11.0. The normalized spacial score (nSPS) is 10.8. The van der Waals surface area contributed by atoms with Crippen molar-refractivity contribution in [2.24, 2.45) is 0 Å². The lowest BCUT2D eigenvalue weighted by Crippen LogP contribution is -2.03. The van der Waals surface area contributed by atoms with E-state index >= 15 is 0 Å². The second-order valence-electron chi connectivity index (χ2n) is 3.97. The molecule has 0 unspecified atom stereocenters. The predicted octanol–water partition coefficient (Wildman–Crippen LogP) is 3.18. The first-order chi connectivity index (χ1) is 7.56. The number of hydrogen-bond donors (Lipinski definition) is 2. The fraction of sp³-hybridized carbons (Fsp3) is 0.636. The van der Waals surface area contributed by atoms with Gasteiger partial charge in [0.1, 0.15) is 0 Å². The van der Waals surface area contributed by atoms with E-state index in [-0.39, 0.29) is 11.6 Å². The lowest BCUT2D eigenvalue weighted by molar-refractivity contribution is 0.0690. The highest BCUT2D eigenvalue weighted by molar-refractivity contribution is 7.16. The van der Waals surface area contributed by atoms with Gasteiger partial charge in [-0.1, -0.05) is 27.2 Å². The molecule has 0 aliphatic rings. The van der Waals surface area contributed by atoms with Crippen LogP contribution in [0, 0.1) is 0 Å². The minimum absolute atomic E-state index is 0.194. The number of carboxylic acid groups (broad SMARTS) is 1. The molecule has 1 heterocycles. The van der Waals surface area contributed by atoms with Crippen LogP contribution >= 0.6 is 11.3 Å². The van der Waals surface area contributed by atoms with Gasteiger partial charge in [0, 0.05) is 11.4 Å². The van der Waals surface area contributed by atoms with Crippen molar-refractivity contribution in [3.63, 3.8) is 0 Å². The van der Waals surface area contributed by atoms with Crippen molar-refractivity contribution in [2.75, 3.05) is 11.9 Å². The number of hydrogen-bond acceptors (Lipinski definition) is 4. The molecule has 0 amide bonds. The fourth-order valence-electron chi connectivity index (χ4n) is 1.32. The molecular formula is C11H18N2O2S. The van der Waals surface area contributed by atoms with Gasteiger partial charge in [0.2, 0.25) is 0 Å². The Morgan fingerprint density at radius 3 is 2.69 bits per heavy atom. The zero-order valence-electron chi connectivity index (χ0n) is 9.91. The Bertz CT molecular complexity index is 361. The molecule has 16 heavy (non-hydrogen) atoms. The van der Waals surface area contributed by atoms with Crippen molar-refractivity contribution in [3.05, 3.63) is 10.6 Å². The number of nitrogens with one attached hydrogen (secondary N) is 1. The van der Waals surface area contributed by atoms with Crippen LogP contribution in [0.3, 0.4) is 0 Å². The highest BCUT2D eigenvalue weighted by Crippen LogP contribution is 2.29. The van der Waals surface area contributed by atoms with Crippen molar-refractivity contribution in [3.8, 4) is 0 Å². The Balaban J connectivity index is 2.80. The van der Waals surface area contributed by atoms with Crippen LogP contribution in [0.4, 0.5) is 5.13 Å². The van der Waals surface area contributed by atoms with Crippen LogP contribution in [0.25, 0.3) is 0 Å². The van der Waals surface area contributed by atoms with Crippen molar-refractivity contribution < 1.29 is 9.90 Å². The van der Waals surface area contributed by atoms with Gasteiger partial charge in [-0.2, -0.15) is 0 Å². The zero-order valence-corrected chi connectivity index (χ0v) is 10.7. The molecule has 0 fully saturated rings. The molecule has 0 aliphatic carbocycles. The maximum atomic E-state index is 11.0. The molecule has 0 bridgehead atoms. The quantitative estimate of drug-likeness (QED) is 0.752. The summed E-state index contributed by atoms with van der Waals surface area (Å²) < 4.78 is 0. The third-order valence-corrected chi connectivity index (χ3v) is 3.50. The van der Waals surface area contributed by atoms with E-state index in [4.69, 9.17) is 5.11 Å². The molecule has 0 saturated carbocycles. The van der Waals surface area contributed by atoms with Crippen LogP contribution in [0.1, 0.15) is 54.9 Å². The fourth-order valence-corrected chi connectivity index (χ4v) is 2.31. The molecule has 90 valence electrons. The van der Waals surface area contributed by atoms with E-state index in [1.54, 1.807) is 0 Å². The van der Waals surface area contributed by atoms with Crippen LogP contribution in [0.15, 0.2) is 0 Å². The van der Waals surface area contributed by atoms with Gasteiger partial charge in [0.05, 0.1) is 0 Å². The number of nitrogens with zero attached hydrogens (tertiary/aromatic N) is 1. The molecule has 4 nitrogen and oxygen atoms in total. The lowest BCUT2D eigenvalue weighted by Gasteiger charge is -2.00. The Labute approximate surface area is 99.7 Å². The van der Waals surface area contributed by atoms with Crippen molar-refractivity contribution >= 4 is 22.4 Å². The average Bonchev–Trinajstić information content (AvgIpc) is 2.62. The van der Waals surface area contributed by atoms with Gasteiger partial charge in [-0.25, -0.2) is 9.78 Å². The van der Waals surface area contributed by atoms with E-state index in [9.17, 15) is 4.79 Å². The van der Waals surface area contributed by atoms with Crippen molar-refractivity contribution in [2.45, 2.75) is 39.5 Å². The molecule has 0 radical (unpaired) electrons. The first kappa shape index (κ1) is 13.0. The maximum Gasteiger partial charge on any atom is 0.355 e. The second kappa shape index (κ2) is 5.84. The Hall–Kier alpha value is -1.10. The van der Waals surface area contributed by atoms with Crippen LogP contribution < -0.4 is 5.32 Å². The molecule has 1 aromatic heterocycles. The van der Waals surface area contributed by atoms with Crippen LogP contribution in [-0.4, -0.2) is 22.6 Å². The van der Waals surface area contributed by atoms with E-state index in [1.807, 2.05) is 13.8 Å². The predicted molar refractivity (Wildman–Crippen MR) is 66.6 cm³/mol. The average molecular weight is 242 g/mol. The van der Waals surface area contributed by atoms with Crippen LogP contribution in [-0.2, 0) is 0 Å². The summed E-state index contributed by atoms with van der Waals surface area (Å²) >= 11 is 1.44. The van der Waals surface area contributed by atoms with E-state index in [2.05, 4.69) is 17.2 Å². The van der Waals surface area contributed by atoms with Crippen LogP contribution in [0.2, 0.25) is 0 Å². The van der Waals surface area contributed by atoms with E-state index in [0.29, 0.717) is 0 Å². The SMILES string of the molecule is CCCCNc1nc(C(=O)O)c(C(C)C)s1. The summed E-state index contributed by atoms with van der Waals surface area (Å²) in [5, 5.41) is 12.9. The highest BCUT2D eigenvalue weighted by Gasteiger charge is 2.19. The Morgan fingerprint density at radius 2 is 2.25 bits per heavy atom. The molecule has 0 aromatic carbocycles. The van der Waals surface area contributed by atoms with Gasteiger partial charge in [-0.05, 0) is 12.3 Å². The topological polar surface area (TPSA) is 62.2 Å². The van der Waals surface area contributed by atoms with Gasteiger partial charge in [0.15, 0.2) is 10.8 Å². The third-order valence-electron chi connectivity index (χ3n) is 2.19. The number of thiazole rings is 1. The summed E-state index contributed by atoms with van der Waals surface area (Å²) in [6, 6.07) is 0. The molecule has 5 heteroatoms. The number of unbranched alkanes of at least 4 members (excludes halogenated alkanes) is 1. The van der Waals surface area contributed by atoms with Crippen molar-refractivity contribution in [1.29, 1.82) is 0 Å². The zero-order chi connectivity index (χ0) is 12.1. The number of anilines is 1. The number of aromatic carboxylic acids is 1. The summed E-state index contributed by atoms with van der Waals surface area (Å²) in [7, 11) is 0. The van der Waals surface area contributed by atoms with Gasteiger partial charge >= 0.3 is 5.97 Å². The van der Waals surface area contributed by atoms with Gasteiger partial charge in [0.25, 0.3) is 0 Å². The number of aromatic nitrogens is 1. The molecular weight excluding hydrogens is 224 g/mol. The van der Waals surface area contributed by atoms with E-state index in [1.165, 1.54) is 11.3 Å². The molecule has 0 spiro atoms. The second-order valence-corrected chi connectivity index (χ2v) is 5.00. The Morgan fingerprint density at radius 1 is 1.56 bits per heavy atom. The number of carboxylic acids is 1. The van der Waals surface area contributed by atoms with E-state index < -0.39 is 5.97 Å². The molecule has 1 aromatic rings. The molecule has 0 atom stereocenters.